The first kappa shape index (κ1) is 68.4. The Morgan fingerprint density at radius 3 is 2.15 bits per heavy atom. The number of primary amides is 2. The van der Waals surface area contributed by atoms with E-state index in [-0.39, 0.29) is 106 Å². The average Bonchev–Trinajstić information content (AvgIpc) is 1.71. The van der Waals surface area contributed by atoms with Crippen LogP contribution in [0, 0.1) is 23.0 Å². The minimum absolute atomic E-state index is 0.0250. The van der Waals surface area contributed by atoms with E-state index in [1.165, 1.54) is 29.2 Å². The Hall–Kier alpha value is -8.34. The molecule has 10 amide bonds. The van der Waals surface area contributed by atoms with Crippen LogP contribution in [0.5, 0.6) is 0 Å². The van der Waals surface area contributed by atoms with Crippen molar-refractivity contribution in [1.82, 2.24) is 40.6 Å². The van der Waals surface area contributed by atoms with Crippen LogP contribution < -0.4 is 49.1 Å². The van der Waals surface area contributed by atoms with Gasteiger partial charge in [-0.3, -0.25) is 53.0 Å². The van der Waals surface area contributed by atoms with Crippen LogP contribution in [0.3, 0.4) is 0 Å². The van der Waals surface area contributed by atoms with Crippen molar-refractivity contribution in [2.45, 2.75) is 115 Å². The summed E-state index contributed by atoms with van der Waals surface area (Å²) in [5.74, 6) is -8.28. The molecule has 1 aromatic heterocycles. The van der Waals surface area contributed by atoms with Gasteiger partial charge in [0, 0.05) is 75.3 Å². The first-order valence-electron chi connectivity index (χ1n) is 27.9. The maximum atomic E-state index is 15.2. The van der Waals surface area contributed by atoms with Crippen LogP contribution in [-0.2, 0) is 56.1 Å². The molecule has 0 saturated carbocycles. The second kappa shape index (κ2) is 31.7. The fourth-order valence-electron chi connectivity index (χ4n) is 9.62. The molecule has 14 N–H and O–H groups in total. The molecule has 1 fully saturated rings. The van der Waals surface area contributed by atoms with Gasteiger partial charge in [-0.05, 0) is 72.1 Å². The molecule has 86 heavy (non-hydrogen) atoms. The topological polar surface area (TPSA) is 391 Å². The van der Waals surface area contributed by atoms with Gasteiger partial charge in [-0.1, -0.05) is 77.1 Å². The third-order valence-electron chi connectivity index (χ3n) is 14.0. The number of aliphatic hydroxyl groups is 1. The Balaban J connectivity index is 1.25. The second-order valence-electron chi connectivity index (χ2n) is 22.1. The highest BCUT2D eigenvalue weighted by atomic mass is 32.2. The molecule has 28 heteroatoms. The van der Waals surface area contributed by atoms with Gasteiger partial charge in [0.2, 0.25) is 41.4 Å². The molecule has 1 aliphatic rings. The lowest BCUT2D eigenvalue weighted by Gasteiger charge is -2.40. The summed E-state index contributed by atoms with van der Waals surface area (Å²) in [4.78, 5) is 138. The van der Waals surface area contributed by atoms with Crippen molar-refractivity contribution in [3.63, 3.8) is 0 Å². The molecule has 0 spiro atoms. The molecule has 1 saturated heterocycles. The van der Waals surface area contributed by atoms with Crippen LogP contribution in [0.1, 0.15) is 89.7 Å². The van der Waals surface area contributed by atoms with Gasteiger partial charge in [0.05, 0.1) is 29.4 Å². The summed E-state index contributed by atoms with van der Waals surface area (Å²) in [5.41, 5.74) is 23.7. The number of halogens is 2. The van der Waals surface area contributed by atoms with Crippen LogP contribution in [0.4, 0.5) is 19.3 Å². The quantitative estimate of drug-likeness (QED) is 0.0244. The van der Waals surface area contributed by atoms with E-state index in [0.29, 0.717) is 5.56 Å². The third kappa shape index (κ3) is 19.3. The summed E-state index contributed by atoms with van der Waals surface area (Å²) >= 11 is 0.970. The highest BCUT2D eigenvalue weighted by molar-refractivity contribution is 8.00. The Kier molecular flexibility index (Phi) is 25.2. The van der Waals surface area contributed by atoms with Crippen LogP contribution >= 0.6 is 11.8 Å². The van der Waals surface area contributed by atoms with Crippen molar-refractivity contribution < 1.29 is 66.9 Å². The highest BCUT2D eigenvalue weighted by Crippen LogP contribution is 2.40. The standard InChI is InChI=1S/C58H77F2N13O12S/c1-33(2)49(55(82)73(43(51(63)79)12-9-21-67-57(64)85)37-16-13-34(14-17-37)26-46(76)65-23-25-72-47(77)28-44(54(72)81)86-32-41(62)56(83)84)69-45(75)19-22-66-53(80)40(61)20-24-71(48(78)31-74)50(58(3,4)5)52-68-42(38-27-36(59)15-18-39(38)60)30-70(52)29-35-10-7-6-8-11-35/h6-8,10-11,13-18,27,30,33,40-41,43-44,49-50,74H,9,12,19-26,28-29,31-32,61-62H2,1-5H3,(H2,63,79)(H,65,76)(H,66,80)(H,69,75)(H,83,84)(H3,64,67,85)/t40-,41-,43-,44?,49-,50-/m0/s1. The number of anilines is 1. The second-order valence-corrected chi connectivity index (χ2v) is 23.3. The summed E-state index contributed by atoms with van der Waals surface area (Å²) in [5, 5.41) is 28.9. The van der Waals surface area contributed by atoms with Gasteiger partial charge >= 0.3 is 12.0 Å². The van der Waals surface area contributed by atoms with Crippen molar-refractivity contribution in [1.29, 1.82) is 0 Å². The van der Waals surface area contributed by atoms with Crippen LogP contribution in [0.2, 0.25) is 0 Å². The van der Waals surface area contributed by atoms with E-state index in [0.717, 1.165) is 45.3 Å². The predicted molar refractivity (Wildman–Crippen MR) is 315 cm³/mol. The number of carbonyl (C=O) groups is 10. The molecular formula is C58H77F2N13O12S. The molecule has 25 nitrogen and oxygen atoms in total. The number of thioether (sulfide) groups is 1. The van der Waals surface area contributed by atoms with Crippen molar-refractivity contribution >= 4 is 76.7 Å². The molecule has 0 radical (unpaired) electrons. The maximum absolute atomic E-state index is 15.2. The fourth-order valence-corrected chi connectivity index (χ4v) is 10.7. The number of imidazole rings is 1. The maximum Gasteiger partial charge on any atom is 0.321 e. The molecule has 6 atom stereocenters. The van der Waals surface area contributed by atoms with Gasteiger partial charge in [-0.15, -0.1) is 11.8 Å². The Labute approximate surface area is 500 Å². The summed E-state index contributed by atoms with van der Waals surface area (Å²) < 4.78 is 31.4. The number of aliphatic carboxylic acids is 1. The van der Waals surface area contributed by atoms with Gasteiger partial charge < -0.3 is 63.9 Å². The van der Waals surface area contributed by atoms with Crippen molar-refractivity contribution in [2.75, 3.05) is 50.0 Å². The zero-order chi connectivity index (χ0) is 63.6. The first-order valence-corrected chi connectivity index (χ1v) is 28.9. The normalized spacial score (nSPS) is 15.1. The van der Waals surface area contributed by atoms with E-state index >= 15 is 4.39 Å². The number of carboxylic acids is 1. The number of amides is 10. The number of imide groups is 1. The largest absolute Gasteiger partial charge is 0.480 e. The average molecular weight is 1220 g/mol. The molecular weight excluding hydrogens is 1140 g/mol. The van der Waals surface area contributed by atoms with Crippen LogP contribution in [0.15, 0.2) is 79.0 Å². The summed E-state index contributed by atoms with van der Waals surface area (Å²) in [6.45, 7) is 7.49. The van der Waals surface area contributed by atoms with E-state index in [2.05, 4.69) is 21.3 Å². The number of urea groups is 1. The zero-order valence-electron chi connectivity index (χ0n) is 48.6. The Morgan fingerprint density at radius 1 is 0.849 bits per heavy atom. The van der Waals surface area contributed by atoms with E-state index in [1.807, 2.05) is 51.1 Å². The van der Waals surface area contributed by atoms with E-state index in [9.17, 15) is 57.4 Å². The van der Waals surface area contributed by atoms with Gasteiger partial charge in [0.25, 0.3) is 5.91 Å². The number of aromatic nitrogens is 2. The summed E-state index contributed by atoms with van der Waals surface area (Å²) in [7, 11) is 0. The Bertz CT molecular complexity index is 3070. The summed E-state index contributed by atoms with van der Waals surface area (Å²) in [6, 6.07) is 11.4. The highest BCUT2D eigenvalue weighted by Gasteiger charge is 2.41. The summed E-state index contributed by atoms with van der Waals surface area (Å²) in [6.07, 6.45) is 0.829. The zero-order valence-corrected chi connectivity index (χ0v) is 49.4. The van der Waals surface area contributed by atoms with Gasteiger partial charge in [-0.2, -0.15) is 0 Å². The molecule has 0 aliphatic carbocycles. The number of carboxylic acid groups (broad SMARTS) is 1. The predicted octanol–water partition coefficient (Wildman–Crippen LogP) is 1.42. The number of rotatable bonds is 32. The van der Waals surface area contributed by atoms with E-state index in [1.54, 1.807) is 24.6 Å². The minimum Gasteiger partial charge on any atom is -0.480 e. The molecule has 2 heterocycles. The minimum atomic E-state index is -1.33. The Morgan fingerprint density at radius 2 is 1.53 bits per heavy atom. The molecule has 1 aliphatic heterocycles. The van der Waals surface area contributed by atoms with Gasteiger partial charge in [0.1, 0.15) is 42.2 Å². The van der Waals surface area contributed by atoms with Crippen molar-refractivity contribution in [2.24, 2.45) is 34.3 Å². The number of nitrogens with zero attached hydrogens (tertiary/aromatic N) is 5. The number of nitrogens with one attached hydrogen (secondary N) is 4. The first-order chi connectivity index (χ1) is 40.6. The van der Waals surface area contributed by atoms with Crippen LogP contribution in [0.25, 0.3) is 11.3 Å². The number of likely N-dealkylation sites (tertiary alicyclic amines) is 1. The number of aliphatic hydroxyl groups excluding tert-OH is 1. The fraction of sp³-hybridized carbons (Fsp3) is 0.466. The molecule has 0 bridgehead atoms. The van der Waals surface area contributed by atoms with Crippen molar-refractivity contribution in [3.05, 3.63) is 108 Å². The van der Waals surface area contributed by atoms with E-state index < -0.39 is 124 Å². The van der Waals surface area contributed by atoms with E-state index in [4.69, 9.17) is 33.0 Å². The lowest BCUT2D eigenvalue weighted by molar-refractivity contribution is -0.140. The third-order valence-corrected chi connectivity index (χ3v) is 15.3. The number of hydrogen-bond acceptors (Lipinski definition) is 15. The number of carbonyl (C=O) groups excluding carboxylic acids is 9. The lowest BCUT2D eigenvalue weighted by atomic mass is 9.84. The van der Waals surface area contributed by atoms with Gasteiger partial charge in [-0.25, -0.2) is 18.6 Å². The molecule has 5 rings (SSSR count). The number of hydrogen-bond donors (Lipinski definition) is 10. The SMILES string of the molecule is CC(C)[C@H](NC(=O)CCNC(=O)[C@@H](N)CCN(C(=O)CO)[C@@H](c1nc(-c2cc(F)ccc2F)cn1Cc1ccccc1)C(C)(C)C)C(=O)N(c1ccc(CC(=O)NCCN2C(=O)CC(SC[C@H](N)C(=O)O)C2=O)cc1)[C@@H](CCCNC(N)=O)C(N)=O. The lowest BCUT2D eigenvalue weighted by Crippen LogP contribution is -2.57. The molecule has 466 valence electrons. The number of nitrogens with two attached hydrogens (primary N) is 4. The monoisotopic (exact) mass is 1220 g/mol. The molecule has 3 aromatic carbocycles. The number of benzene rings is 3. The smallest absolute Gasteiger partial charge is 0.321 e. The molecule has 1 unspecified atom stereocenters. The van der Waals surface area contributed by atoms with Crippen LogP contribution in [-0.4, -0.2) is 163 Å². The van der Waals surface area contributed by atoms with Crippen molar-refractivity contribution in [3.8, 4) is 11.3 Å². The van der Waals surface area contributed by atoms with Gasteiger partial charge in [0.15, 0.2) is 0 Å². The molecule has 4 aromatic rings.